The van der Waals surface area contributed by atoms with Crippen molar-refractivity contribution in [2.24, 2.45) is 5.92 Å². The molecule has 0 aromatic carbocycles. The third-order valence-corrected chi connectivity index (χ3v) is 6.16. The Kier molecular flexibility index (Phi) is 6.34. The number of piperazine rings is 1. The van der Waals surface area contributed by atoms with Gasteiger partial charge in [-0.2, -0.15) is 0 Å². The van der Waals surface area contributed by atoms with Crippen molar-refractivity contribution in [3.63, 3.8) is 0 Å². The highest BCUT2D eigenvalue weighted by Gasteiger charge is 2.20. The summed E-state index contributed by atoms with van der Waals surface area (Å²) in [5, 5.41) is 3.60. The lowest BCUT2D eigenvalue weighted by atomic mass is 10.1. The van der Waals surface area contributed by atoms with E-state index >= 15 is 0 Å². The lowest BCUT2D eigenvalue weighted by molar-refractivity contribution is 0.0942. The van der Waals surface area contributed by atoms with Crippen LogP contribution in [0.15, 0.2) is 17.1 Å². The summed E-state index contributed by atoms with van der Waals surface area (Å²) in [6, 6.07) is 1.96. The van der Waals surface area contributed by atoms with Crippen LogP contribution in [0.4, 0.5) is 0 Å². The number of likely N-dealkylation sites (N-methyl/N-ethyl adjacent to an activating group) is 1. The number of rotatable bonds is 6. The minimum absolute atomic E-state index is 0.0604. The summed E-state index contributed by atoms with van der Waals surface area (Å²) < 4.78 is 2.61. The third-order valence-electron chi connectivity index (χ3n) is 5.09. The van der Waals surface area contributed by atoms with E-state index in [9.17, 15) is 9.59 Å². The smallest absolute Gasteiger partial charge is 0.260 e. The Balaban J connectivity index is 1.74. The van der Waals surface area contributed by atoms with Crippen LogP contribution in [-0.4, -0.2) is 66.6 Å². The minimum Gasteiger partial charge on any atom is -0.351 e. The molecule has 3 heterocycles. The number of amides is 1. The molecule has 0 atom stereocenters. The van der Waals surface area contributed by atoms with Gasteiger partial charge < -0.3 is 14.8 Å². The summed E-state index contributed by atoms with van der Waals surface area (Å²) in [4.78, 5) is 31.4. The van der Waals surface area contributed by atoms with E-state index < -0.39 is 0 Å². The summed E-state index contributed by atoms with van der Waals surface area (Å²) in [5.74, 6) is 0.244. The van der Waals surface area contributed by atoms with Crippen molar-refractivity contribution in [2.45, 2.75) is 27.3 Å². The molecule has 1 amide bonds. The summed E-state index contributed by atoms with van der Waals surface area (Å²) in [6.45, 7) is 12.4. The first kappa shape index (κ1) is 20.0. The molecule has 0 saturated carbocycles. The number of nitrogens with one attached hydrogen (secondary N) is 1. The molecule has 7 heteroatoms. The van der Waals surface area contributed by atoms with Crippen LogP contribution < -0.4 is 10.9 Å². The fraction of sp³-hybridized carbons (Fsp3) is 0.600. The van der Waals surface area contributed by atoms with E-state index in [0.717, 1.165) is 42.3 Å². The van der Waals surface area contributed by atoms with Crippen LogP contribution in [0.25, 0.3) is 10.1 Å². The van der Waals surface area contributed by atoms with Gasteiger partial charge in [-0.05, 0) is 26.0 Å². The number of hydrogen-bond donors (Lipinski definition) is 1. The van der Waals surface area contributed by atoms with Gasteiger partial charge in [0.15, 0.2) is 0 Å². The topological polar surface area (TPSA) is 57.6 Å². The zero-order valence-electron chi connectivity index (χ0n) is 16.7. The SMILES string of the molecule is Cc1sc2ccn(CC(C)C)c(=O)c2c1C(=O)NCCN1CCN(C)CC1. The first-order chi connectivity index (χ1) is 12.9. The maximum atomic E-state index is 12.9. The van der Waals surface area contributed by atoms with E-state index in [1.165, 1.54) is 11.3 Å². The summed E-state index contributed by atoms with van der Waals surface area (Å²) >= 11 is 1.52. The minimum atomic E-state index is -0.132. The van der Waals surface area contributed by atoms with Gasteiger partial charge in [0.25, 0.3) is 11.5 Å². The van der Waals surface area contributed by atoms with Gasteiger partial charge >= 0.3 is 0 Å². The van der Waals surface area contributed by atoms with Gasteiger partial charge in [0.2, 0.25) is 0 Å². The first-order valence-corrected chi connectivity index (χ1v) is 10.5. The van der Waals surface area contributed by atoms with E-state index in [2.05, 4.69) is 36.0 Å². The van der Waals surface area contributed by atoms with Gasteiger partial charge in [0, 0.05) is 61.6 Å². The molecule has 0 aliphatic carbocycles. The van der Waals surface area contributed by atoms with Crippen LogP contribution in [-0.2, 0) is 6.54 Å². The molecular formula is C20H30N4O2S. The van der Waals surface area contributed by atoms with E-state index in [-0.39, 0.29) is 11.5 Å². The average Bonchev–Trinajstić information content (AvgIpc) is 2.95. The molecule has 1 N–H and O–H groups in total. The molecule has 148 valence electrons. The standard InChI is InChI=1S/C20H30N4O2S/c1-14(2)13-24-7-5-16-18(20(24)26)17(15(3)27-16)19(25)21-6-8-23-11-9-22(4)10-12-23/h5,7,14H,6,8-13H2,1-4H3,(H,21,25). The predicted octanol–water partition coefficient (Wildman–Crippen LogP) is 2.00. The molecule has 27 heavy (non-hydrogen) atoms. The largest absolute Gasteiger partial charge is 0.351 e. The lowest BCUT2D eigenvalue weighted by Crippen LogP contribution is -2.47. The van der Waals surface area contributed by atoms with Gasteiger partial charge in [-0.25, -0.2) is 0 Å². The number of hydrogen-bond acceptors (Lipinski definition) is 5. The Morgan fingerprint density at radius 1 is 1.26 bits per heavy atom. The molecule has 1 saturated heterocycles. The number of nitrogens with zero attached hydrogens (tertiary/aromatic N) is 3. The Bertz CT molecular complexity index is 863. The Hall–Kier alpha value is -1.70. The molecule has 0 unspecified atom stereocenters. The second kappa shape index (κ2) is 8.54. The average molecular weight is 391 g/mol. The number of fused-ring (bicyclic) bond motifs is 1. The molecule has 1 aliphatic heterocycles. The molecule has 0 radical (unpaired) electrons. The van der Waals surface area contributed by atoms with Crippen LogP contribution >= 0.6 is 11.3 Å². The van der Waals surface area contributed by atoms with Crippen molar-refractivity contribution in [3.8, 4) is 0 Å². The van der Waals surface area contributed by atoms with Crippen molar-refractivity contribution in [1.82, 2.24) is 19.7 Å². The summed E-state index contributed by atoms with van der Waals surface area (Å²) in [5.41, 5.74) is 0.492. The summed E-state index contributed by atoms with van der Waals surface area (Å²) in [6.07, 6.45) is 1.84. The highest BCUT2D eigenvalue weighted by Crippen LogP contribution is 2.28. The second-order valence-electron chi connectivity index (χ2n) is 7.84. The van der Waals surface area contributed by atoms with Crippen molar-refractivity contribution in [2.75, 3.05) is 46.3 Å². The maximum Gasteiger partial charge on any atom is 0.260 e. The van der Waals surface area contributed by atoms with Crippen molar-refractivity contribution < 1.29 is 4.79 Å². The monoisotopic (exact) mass is 390 g/mol. The highest BCUT2D eigenvalue weighted by molar-refractivity contribution is 7.19. The molecule has 2 aromatic heterocycles. The van der Waals surface area contributed by atoms with Gasteiger partial charge in [-0.15, -0.1) is 11.3 Å². The van der Waals surface area contributed by atoms with Crippen LogP contribution in [0.2, 0.25) is 0 Å². The summed E-state index contributed by atoms with van der Waals surface area (Å²) in [7, 11) is 2.13. The molecular weight excluding hydrogens is 360 g/mol. The van der Waals surface area contributed by atoms with E-state index in [1.807, 2.05) is 19.2 Å². The maximum absolute atomic E-state index is 12.9. The van der Waals surface area contributed by atoms with Crippen LogP contribution in [0.1, 0.15) is 29.1 Å². The number of aryl methyl sites for hydroxylation is 1. The lowest BCUT2D eigenvalue weighted by Gasteiger charge is -2.32. The van der Waals surface area contributed by atoms with Crippen molar-refractivity contribution >= 4 is 27.3 Å². The third kappa shape index (κ3) is 4.59. The van der Waals surface area contributed by atoms with E-state index in [4.69, 9.17) is 0 Å². The zero-order valence-corrected chi connectivity index (χ0v) is 17.6. The van der Waals surface area contributed by atoms with Crippen molar-refractivity contribution in [3.05, 3.63) is 33.1 Å². The Morgan fingerprint density at radius 2 is 1.96 bits per heavy atom. The zero-order chi connectivity index (χ0) is 19.6. The van der Waals surface area contributed by atoms with Gasteiger partial charge in [0.05, 0.1) is 10.9 Å². The molecule has 1 aliphatic rings. The molecule has 1 fully saturated rings. The normalized spacial score (nSPS) is 16.3. The van der Waals surface area contributed by atoms with Crippen LogP contribution in [0, 0.1) is 12.8 Å². The van der Waals surface area contributed by atoms with E-state index in [0.29, 0.717) is 30.0 Å². The first-order valence-electron chi connectivity index (χ1n) is 9.68. The van der Waals surface area contributed by atoms with E-state index in [1.54, 1.807) is 4.57 Å². The number of aromatic nitrogens is 1. The Morgan fingerprint density at radius 3 is 2.63 bits per heavy atom. The molecule has 0 bridgehead atoms. The van der Waals surface area contributed by atoms with Gasteiger partial charge in [-0.3, -0.25) is 14.5 Å². The molecule has 2 aromatic rings. The quantitative estimate of drug-likeness (QED) is 0.820. The predicted molar refractivity (Wildman–Crippen MR) is 112 cm³/mol. The molecule has 0 spiro atoms. The second-order valence-corrected chi connectivity index (χ2v) is 9.10. The molecule has 6 nitrogen and oxygen atoms in total. The van der Waals surface area contributed by atoms with Gasteiger partial charge in [-0.1, -0.05) is 13.8 Å². The fourth-order valence-electron chi connectivity index (χ4n) is 3.56. The number of carbonyl (C=O) groups excluding carboxylic acids is 1. The van der Waals surface area contributed by atoms with Crippen LogP contribution in [0.3, 0.4) is 0 Å². The number of pyridine rings is 1. The van der Waals surface area contributed by atoms with Crippen LogP contribution in [0.5, 0.6) is 0 Å². The van der Waals surface area contributed by atoms with Gasteiger partial charge in [0.1, 0.15) is 0 Å². The number of thiophene rings is 1. The Labute approximate surface area is 164 Å². The molecule has 3 rings (SSSR count). The highest BCUT2D eigenvalue weighted by atomic mass is 32.1. The number of carbonyl (C=O) groups is 1. The fourth-order valence-corrected chi connectivity index (χ4v) is 4.61. The van der Waals surface area contributed by atoms with Crippen molar-refractivity contribution in [1.29, 1.82) is 0 Å².